The van der Waals surface area contributed by atoms with E-state index in [2.05, 4.69) is 48.9 Å². The molecule has 1 aromatic rings. The number of hydrogen-bond acceptors (Lipinski definition) is 1. The van der Waals surface area contributed by atoms with Crippen molar-refractivity contribution in [2.75, 3.05) is 13.1 Å². The summed E-state index contributed by atoms with van der Waals surface area (Å²) in [5, 5.41) is 3.45. The van der Waals surface area contributed by atoms with Gasteiger partial charge in [-0.3, -0.25) is 0 Å². The van der Waals surface area contributed by atoms with Crippen LogP contribution in [-0.4, -0.2) is 13.1 Å². The van der Waals surface area contributed by atoms with Crippen LogP contribution in [-0.2, 0) is 6.42 Å². The van der Waals surface area contributed by atoms with Crippen LogP contribution in [0.3, 0.4) is 0 Å². The summed E-state index contributed by atoms with van der Waals surface area (Å²) in [7, 11) is 0. The Kier molecular flexibility index (Phi) is 5.80. The first-order valence-electron chi connectivity index (χ1n) is 6.45. The minimum atomic E-state index is -0.116. The zero-order valence-corrected chi connectivity index (χ0v) is 13.3. The Bertz CT molecular complexity index is 388. The first-order chi connectivity index (χ1) is 8.30. The second kappa shape index (κ2) is 6.67. The molecule has 1 aromatic carbocycles. The molecule has 102 valence electrons. The summed E-state index contributed by atoms with van der Waals surface area (Å²) in [4.78, 5) is 0. The lowest BCUT2D eigenvalue weighted by atomic mass is 9.85. The van der Waals surface area contributed by atoms with Gasteiger partial charge in [-0.1, -0.05) is 43.6 Å². The molecule has 0 atom stereocenters. The Morgan fingerprint density at radius 1 is 1.33 bits per heavy atom. The molecule has 0 saturated heterocycles. The zero-order chi connectivity index (χ0) is 13.8. The number of benzene rings is 1. The van der Waals surface area contributed by atoms with Crippen molar-refractivity contribution in [1.82, 2.24) is 5.32 Å². The molecule has 18 heavy (non-hydrogen) atoms. The number of halogens is 2. The average molecular weight is 316 g/mol. The molecule has 0 heterocycles. The van der Waals surface area contributed by atoms with Crippen molar-refractivity contribution in [2.45, 2.75) is 34.1 Å². The Balaban J connectivity index is 2.61. The lowest BCUT2D eigenvalue weighted by Gasteiger charge is -2.26. The van der Waals surface area contributed by atoms with Crippen LogP contribution in [0.15, 0.2) is 22.7 Å². The summed E-state index contributed by atoms with van der Waals surface area (Å²) in [5.41, 5.74) is 0.831. The minimum Gasteiger partial charge on any atom is -0.316 e. The van der Waals surface area contributed by atoms with E-state index in [0.29, 0.717) is 5.92 Å². The summed E-state index contributed by atoms with van der Waals surface area (Å²) in [6, 6.07) is 5.14. The molecule has 1 nitrogen and oxygen atoms in total. The molecule has 0 aliphatic carbocycles. The molecule has 0 amide bonds. The molecule has 0 radical (unpaired) electrons. The van der Waals surface area contributed by atoms with Crippen molar-refractivity contribution >= 4 is 15.9 Å². The smallest absolute Gasteiger partial charge is 0.126 e. The van der Waals surface area contributed by atoms with Crippen molar-refractivity contribution in [2.24, 2.45) is 11.3 Å². The third-order valence-corrected chi connectivity index (χ3v) is 3.33. The van der Waals surface area contributed by atoms with E-state index < -0.39 is 0 Å². The molecule has 0 saturated carbocycles. The first kappa shape index (κ1) is 15.6. The second-order valence-corrected chi connectivity index (χ2v) is 7.02. The van der Waals surface area contributed by atoms with Crippen LogP contribution < -0.4 is 5.32 Å². The van der Waals surface area contributed by atoms with E-state index in [1.165, 1.54) is 6.07 Å². The molecule has 0 unspecified atom stereocenters. The van der Waals surface area contributed by atoms with Crippen LogP contribution in [0.25, 0.3) is 0 Å². The van der Waals surface area contributed by atoms with Crippen LogP contribution in [0.2, 0.25) is 0 Å². The maximum Gasteiger partial charge on any atom is 0.126 e. The maximum absolute atomic E-state index is 13.7. The highest BCUT2D eigenvalue weighted by Gasteiger charge is 2.20. The Hall–Kier alpha value is -0.410. The minimum absolute atomic E-state index is 0.0521. The number of hydrogen-bond donors (Lipinski definition) is 1. The van der Waals surface area contributed by atoms with E-state index in [0.717, 1.165) is 29.5 Å². The van der Waals surface area contributed by atoms with Gasteiger partial charge < -0.3 is 5.32 Å². The van der Waals surface area contributed by atoms with Gasteiger partial charge in [0.15, 0.2) is 0 Å². The van der Waals surface area contributed by atoms with Crippen LogP contribution in [0.1, 0.15) is 33.3 Å². The molecule has 0 aromatic heterocycles. The highest BCUT2D eigenvalue weighted by atomic mass is 79.9. The zero-order valence-electron chi connectivity index (χ0n) is 11.7. The van der Waals surface area contributed by atoms with E-state index in [1.54, 1.807) is 6.07 Å². The summed E-state index contributed by atoms with van der Waals surface area (Å²) < 4.78 is 14.6. The molecular formula is C15H23BrFN. The maximum atomic E-state index is 13.7. The van der Waals surface area contributed by atoms with Crippen molar-refractivity contribution in [3.8, 4) is 0 Å². The molecular weight excluding hydrogens is 293 g/mol. The van der Waals surface area contributed by atoms with Gasteiger partial charge in [0, 0.05) is 11.0 Å². The van der Waals surface area contributed by atoms with Gasteiger partial charge in [0.05, 0.1) is 0 Å². The van der Waals surface area contributed by atoms with Gasteiger partial charge >= 0.3 is 0 Å². The monoisotopic (exact) mass is 315 g/mol. The topological polar surface area (TPSA) is 12.0 Å². The predicted octanol–water partition coefficient (Wildman–Crippen LogP) is 4.40. The molecule has 1 rings (SSSR count). The van der Waals surface area contributed by atoms with Gasteiger partial charge in [-0.25, -0.2) is 4.39 Å². The Morgan fingerprint density at radius 2 is 2.00 bits per heavy atom. The lowest BCUT2D eigenvalue weighted by Crippen LogP contribution is -2.33. The van der Waals surface area contributed by atoms with Gasteiger partial charge in [-0.15, -0.1) is 0 Å². The van der Waals surface area contributed by atoms with Crippen LogP contribution >= 0.6 is 15.9 Å². The van der Waals surface area contributed by atoms with Crippen molar-refractivity contribution in [1.29, 1.82) is 0 Å². The van der Waals surface area contributed by atoms with E-state index in [9.17, 15) is 4.39 Å². The van der Waals surface area contributed by atoms with Crippen LogP contribution in [0.4, 0.5) is 4.39 Å². The van der Waals surface area contributed by atoms with Gasteiger partial charge in [-0.05, 0) is 48.1 Å². The summed E-state index contributed by atoms with van der Waals surface area (Å²) >= 11 is 3.39. The highest BCUT2D eigenvalue weighted by molar-refractivity contribution is 9.10. The fourth-order valence-corrected chi connectivity index (χ4v) is 2.36. The molecule has 0 aliphatic rings. The molecule has 0 fully saturated rings. The standard InChI is InChI=1S/C15H23BrFN/c1-11(2)9-18-10-15(3,4)8-12-7-13(16)5-6-14(12)17/h5-7,11,18H,8-10H2,1-4H3. The highest BCUT2D eigenvalue weighted by Crippen LogP contribution is 2.25. The predicted molar refractivity (Wildman–Crippen MR) is 79.3 cm³/mol. The third kappa shape index (κ3) is 5.49. The van der Waals surface area contributed by atoms with Crippen molar-refractivity contribution < 1.29 is 4.39 Å². The van der Waals surface area contributed by atoms with Gasteiger partial charge in [-0.2, -0.15) is 0 Å². The number of nitrogens with one attached hydrogen (secondary N) is 1. The average Bonchev–Trinajstić information content (AvgIpc) is 2.22. The largest absolute Gasteiger partial charge is 0.316 e. The van der Waals surface area contributed by atoms with E-state index in [4.69, 9.17) is 0 Å². The van der Waals surface area contributed by atoms with Crippen LogP contribution in [0.5, 0.6) is 0 Å². The van der Waals surface area contributed by atoms with E-state index in [1.807, 2.05) is 6.07 Å². The quantitative estimate of drug-likeness (QED) is 0.820. The van der Waals surface area contributed by atoms with Crippen LogP contribution in [0, 0.1) is 17.2 Å². The second-order valence-electron chi connectivity index (χ2n) is 6.10. The normalized spacial score (nSPS) is 12.2. The van der Waals surface area contributed by atoms with Crippen molar-refractivity contribution in [3.05, 3.63) is 34.1 Å². The summed E-state index contributed by atoms with van der Waals surface area (Å²) in [5.74, 6) is 0.526. The number of rotatable bonds is 6. The van der Waals surface area contributed by atoms with Gasteiger partial charge in [0.1, 0.15) is 5.82 Å². The molecule has 3 heteroatoms. The molecule has 0 spiro atoms. The summed E-state index contributed by atoms with van der Waals surface area (Å²) in [6.07, 6.45) is 0.739. The first-order valence-corrected chi connectivity index (χ1v) is 7.24. The molecule has 0 bridgehead atoms. The van der Waals surface area contributed by atoms with Gasteiger partial charge in [0.25, 0.3) is 0 Å². The fraction of sp³-hybridized carbons (Fsp3) is 0.600. The summed E-state index contributed by atoms with van der Waals surface area (Å²) in [6.45, 7) is 10.6. The Labute approximate surface area is 118 Å². The van der Waals surface area contributed by atoms with Gasteiger partial charge in [0.2, 0.25) is 0 Å². The lowest BCUT2D eigenvalue weighted by molar-refractivity contribution is 0.326. The molecule has 0 aliphatic heterocycles. The van der Waals surface area contributed by atoms with E-state index >= 15 is 0 Å². The molecule has 1 N–H and O–H groups in total. The van der Waals surface area contributed by atoms with Crippen molar-refractivity contribution in [3.63, 3.8) is 0 Å². The Morgan fingerprint density at radius 3 is 2.61 bits per heavy atom. The third-order valence-electron chi connectivity index (χ3n) is 2.83. The van der Waals surface area contributed by atoms with E-state index in [-0.39, 0.29) is 11.2 Å². The SMILES string of the molecule is CC(C)CNCC(C)(C)Cc1cc(Br)ccc1F. The fourth-order valence-electron chi connectivity index (χ4n) is 1.96.